The van der Waals surface area contributed by atoms with E-state index in [0.717, 1.165) is 50.6 Å². The van der Waals surface area contributed by atoms with Crippen LogP contribution < -0.4 is 9.47 Å². The first-order valence-electron chi connectivity index (χ1n) is 10.9. The van der Waals surface area contributed by atoms with Crippen LogP contribution in [0.4, 0.5) is 4.79 Å². The van der Waals surface area contributed by atoms with Crippen molar-refractivity contribution in [3.05, 3.63) is 100 Å². The lowest BCUT2D eigenvalue weighted by molar-refractivity contribution is 0.267. The molecule has 5 rings (SSSR count). The highest BCUT2D eigenvalue weighted by Gasteiger charge is 2.37. The summed E-state index contributed by atoms with van der Waals surface area (Å²) in [7, 11) is 3.29. The number of benzene rings is 3. The Kier molecular flexibility index (Phi) is 6.18. The first-order chi connectivity index (χ1) is 16.7. The molecule has 2 heterocycles. The van der Waals surface area contributed by atoms with Gasteiger partial charge in [-0.25, -0.2) is 5.01 Å². The Morgan fingerprint density at radius 1 is 0.941 bits per heavy atom. The second-order valence-corrected chi connectivity index (χ2v) is 8.80. The van der Waals surface area contributed by atoms with E-state index in [-0.39, 0.29) is 11.3 Å². The van der Waals surface area contributed by atoms with E-state index in [4.69, 9.17) is 14.6 Å². The van der Waals surface area contributed by atoms with E-state index in [0.29, 0.717) is 12.3 Å². The van der Waals surface area contributed by atoms with Gasteiger partial charge in [-0.3, -0.25) is 4.79 Å². The van der Waals surface area contributed by atoms with Gasteiger partial charge in [-0.15, -0.1) is 0 Å². The molecule has 0 N–H and O–H groups in total. The quantitative estimate of drug-likeness (QED) is 0.448. The van der Waals surface area contributed by atoms with Gasteiger partial charge in [-0.1, -0.05) is 60.7 Å². The Morgan fingerprint density at radius 2 is 1.68 bits per heavy atom. The Balaban J connectivity index is 1.57. The lowest BCUT2D eigenvalue weighted by atomic mass is 9.98. The van der Waals surface area contributed by atoms with E-state index < -0.39 is 0 Å². The van der Waals surface area contributed by atoms with Gasteiger partial charge in [0.2, 0.25) is 0 Å². The van der Waals surface area contributed by atoms with Gasteiger partial charge < -0.3 is 9.47 Å². The number of hydrogen-bond donors (Lipinski definition) is 0. The first-order valence-corrected chi connectivity index (χ1v) is 11.7. The smallest absolute Gasteiger partial charge is 0.311 e. The van der Waals surface area contributed by atoms with Crippen LogP contribution in [0.3, 0.4) is 0 Å². The molecular weight excluding hydrogens is 446 g/mol. The Hall–Kier alpha value is -3.84. The van der Waals surface area contributed by atoms with Crippen molar-refractivity contribution in [3.63, 3.8) is 0 Å². The van der Waals surface area contributed by atoms with Gasteiger partial charge in [-0.05, 0) is 47.2 Å². The maximum atomic E-state index is 12.5. The highest BCUT2D eigenvalue weighted by atomic mass is 32.2. The van der Waals surface area contributed by atoms with Crippen LogP contribution in [0.5, 0.6) is 11.5 Å². The second kappa shape index (κ2) is 9.57. The van der Waals surface area contributed by atoms with Crippen LogP contribution in [0.2, 0.25) is 0 Å². The molecule has 3 aromatic rings. The van der Waals surface area contributed by atoms with Crippen molar-refractivity contribution in [3.8, 4) is 11.5 Å². The van der Waals surface area contributed by atoms with Crippen molar-refractivity contribution in [1.29, 1.82) is 0 Å². The fourth-order valence-corrected chi connectivity index (χ4v) is 4.82. The number of amidine groups is 1. The van der Waals surface area contributed by atoms with Gasteiger partial charge >= 0.3 is 5.24 Å². The fourth-order valence-electron chi connectivity index (χ4n) is 4.09. The van der Waals surface area contributed by atoms with E-state index >= 15 is 0 Å². The molecule has 0 saturated carbocycles. The van der Waals surface area contributed by atoms with E-state index in [9.17, 15) is 4.79 Å². The molecule has 0 spiro atoms. The van der Waals surface area contributed by atoms with Crippen LogP contribution in [0.15, 0.2) is 93.9 Å². The third-order valence-electron chi connectivity index (χ3n) is 5.78. The molecule has 0 fully saturated rings. The molecule has 0 aromatic heterocycles. The number of hydrogen-bond acceptors (Lipinski definition) is 6. The standard InChI is InChI=1S/C27H23N3O3S/c1-32-21-14-12-19(13-15-21)23-17-22(18-8-4-3-5-9-18)29-30(23)26-25(34-27(31)28-26)16-20-10-6-7-11-24(20)33-2/h3-16,23H,17H2,1-2H3/b25-16-. The lowest BCUT2D eigenvalue weighted by Gasteiger charge is -2.24. The largest absolute Gasteiger partial charge is 0.497 e. The minimum absolute atomic E-state index is 0.104. The van der Waals surface area contributed by atoms with Gasteiger partial charge in [0.25, 0.3) is 0 Å². The Labute approximate surface area is 202 Å². The zero-order chi connectivity index (χ0) is 23.5. The molecule has 0 saturated heterocycles. The van der Waals surface area contributed by atoms with Crippen molar-refractivity contribution in [2.45, 2.75) is 12.5 Å². The predicted octanol–water partition coefficient (Wildman–Crippen LogP) is 6.16. The number of rotatable bonds is 5. The lowest BCUT2D eigenvalue weighted by Crippen LogP contribution is -2.26. The van der Waals surface area contributed by atoms with E-state index in [1.165, 1.54) is 0 Å². The summed E-state index contributed by atoms with van der Waals surface area (Å²) in [5, 5.41) is 6.58. The number of methoxy groups -OCH3 is 2. The molecule has 0 bridgehead atoms. The topological polar surface area (TPSA) is 63.5 Å². The van der Waals surface area contributed by atoms with Crippen molar-refractivity contribution < 1.29 is 14.3 Å². The predicted molar refractivity (Wildman–Crippen MR) is 137 cm³/mol. The number of ether oxygens (including phenoxy) is 2. The highest BCUT2D eigenvalue weighted by Crippen LogP contribution is 2.40. The van der Waals surface area contributed by atoms with Crippen molar-refractivity contribution >= 4 is 34.6 Å². The fraction of sp³-hybridized carbons (Fsp3) is 0.148. The summed E-state index contributed by atoms with van der Waals surface area (Å²) < 4.78 is 10.8. The summed E-state index contributed by atoms with van der Waals surface area (Å²) in [6.07, 6.45) is 2.63. The number of aliphatic imine (C=N–C) groups is 1. The summed E-state index contributed by atoms with van der Waals surface area (Å²) >= 11 is 1.11. The number of hydrazone groups is 1. The molecule has 34 heavy (non-hydrogen) atoms. The number of nitrogens with zero attached hydrogens (tertiary/aromatic N) is 3. The molecule has 2 aliphatic rings. The number of carbonyl (C=O) groups is 1. The third kappa shape index (κ3) is 4.34. The van der Waals surface area contributed by atoms with Crippen LogP contribution >= 0.6 is 11.8 Å². The monoisotopic (exact) mass is 469 g/mol. The summed E-state index contributed by atoms with van der Waals surface area (Å²) in [4.78, 5) is 17.6. The van der Waals surface area contributed by atoms with Gasteiger partial charge in [0.05, 0.1) is 30.9 Å². The molecule has 0 aliphatic carbocycles. The third-order valence-corrected chi connectivity index (χ3v) is 6.56. The minimum Gasteiger partial charge on any atom is -0.497 e. The van der Waals surface area contributed by atoms with Crippen molar-refractivity contribution in [1.82, 2.24) is 5.01 Å². The zero-order valence-electron chi connectivity index (χ0n) is 18.8. The van der Waals surface area contributed by atoms with Crippen LogP contribution in [0.1, 0.15) is 29.2 Å². The van der Waals surface area contributed by atoms with Crippen molar-refractivity contribution in [2.75, 3.05) is 14.2 Å². The number of para-hydroxylation sites is 1. The SMILES string of the molecule is COc1ccc(C2CC(c3ccccc3)=NN2C2=NC(=O)S/C2=C\c2ccccc2OC)cc1. The van der Waals surface area contributed by atoms with Gasteiger partial charge in [0.15, 0.2) is 5.84 Å². The molecule has 6 nitrogen and oxygen atoms in total. The summed E-state index contributed by atoms with van der Waals surface area (Å²) in [6, 6.07) is 25.6. The van der Waals surface area contributed by atoms with Gasteiger partial charge in [0.1, 0.15) is 11.5 Å². The van der Waals surface area contributed by atoms with E-state index in [1.54, 1.807) is 14.2 Å². The van der Waals surface area contributed by atoms with Crippen molar-refractivity contribution in [2.24, 2.45) is 10.1 Å². The zero-order valence-corrected chi connectivity index (χ0v) is 19.7. The molecule has 3 aromatic carbocycles. The first kappa shape index (κ1) is 22.0. The maximum Gasteiger partial charge on any atom is 0.311 e. The summed E-state index contributed by atoms with van der Waals surface area (Å²) in [5.41, 5.74) is 3.95. The van der Waals surface area contributed by atoms with Gasteiger partial charge in [-0.2, -0.15) is 10.1 Å². The Morgan fingerprint density at radius 3 is 2.41 bits per heavy atom. The maximum absolute atomic E-state index is 12.5. The molecule has 7 heteroatoms. The van der Waals surface area contributed by atoms with E-state index in [1.807, 2.05) is 77.8 Å². The van der Waals surface area contributed by atoms with Crippen LogP contribution in [-0.4, -0.2) is 36.0 Å². The summed E-state index contributed by atoms with van der Waals surface area (Å²) in [5.74, 6) is 2.07. The normalized spacial score (nSPS) is 18.8. The molecule has 1 unspecified atom stereocenters. The number of carbonyl (C=O) groups excluding carboxylic acids is 1. The molecule has 1 amide bonds. The molecular formula is C27H23N3O3S. The highest BCUT2D eigenvalue weighted by molar-refractivity contribution is 8.18. The second-order valence-electron chi connectivity index (χ2n) is 7.80. The van der Waals surface area contributed by atoms with E-state index in [2.05, 4.69) is 17.1 Å². The average molecular weight is 470 g/mol. The van der Waals surface area contributed by atoms with Crippen LogP contribution in [0.25, 0.3) is 6.08 Å². The molecule has 0 radical (unpaired) electrons. The Bertz CT molecular complexity index is 1300. The average Bonchev–Trinajstić information content (AvgIpc) is 3.48. The summed E-state index contributed by atoms with van der Waals surface area (Å²) in [6.45, 7) is 0. The van der Waals surface area contributed by atoms with Gasteiger partial charge in [0, 0.05) is 12.0 Å². The molecule has 1 atom stereocenters. The number of amides is 1. The molecule has 2 aliphatic heterocycles. The minimum atomic E-state index is -0.256. The van der Waals surface area contributed by atoms with Crippen LogP contribution in [0, 0.1) is 0 Å². The molecule has 170 valence electrons. The number of thioether (sulfide) groups is 1. The van der Waals surface area contributed by atoms with Crippen LogP contribution in [-0.2, 0) is 0 Å².